The molecule has 2 saturated heterocycles. The molecule has 0 saturated carbocycles. The predicted octanol–water partition coefficient (Wildman–Crippen LogP) is 2.64. The minimum atomic E-state index is -0.302. The van der Waals surface area contributed by atoms with Gasteiger partial charge in [0.15, 0.2) is 0 Å². The fourth-order valence-corrected chi connectivity index (χ4v) is 4.47. The van der Waals surface area contributed by atoms with E-state index >= 15 is 0 Å². The van der Waals surface area contributed by atoms with E-state index in [0.29, 0.717) is 39.0 Å². The van der Waals surface area contributed by atoms with Crippen molar-refractivity contribution in [3.8, 4) is 0 Å². The molecule has 2 aromatic rings. The first-order valence-electron chi connectivity index (χ1n) is 11.1. The van der Waals surface area contributed by atoms with E-state index in [2.05, 4.69) is 17.4 Å². The number of para-hydroxylation sites is 1. The van der Waals surface area contributed by atoms with Crippen molar-refractivity contribution in [2.75, 3.05) is 31.1 Å². The average Bonchev–Trinajstić information content (AvgIpc) is 3.21. The van der Waals surface area contributed by atoms with Crippen LogP contribution in [0.4, 0.5) is 5.69 Å². The molecule has 1 atom stereocenters. The molecule has 3 amide bonds. The van der Waals surface area contributed by atoms with Crippen LogP contribution in [0.3, 0.4) is 0 Å². The van der Waals surface area contributed by atoms with Crippen LogP contribution in [0.25, 0.3) is 0 Å². The summed E-state index contributed by atoms with van der Waals surface area (Å²) in [5.74, 6) is -0.240. The van der Waals surface area contributed by atoms with Crippen LogP contribution >= 0.6 is 0 Å². The van der Waals surface area contributed by atoms with Gasteiger partial charge < -0.3 is 15.1 Å². The molecule has 2 aliphatic rings. The van der Waals surface area contributed by atoms with Crippen LogP contribution in [0.1, 0.15) is 24.8 Å². The Labute approximate surface area is 183 Å². The minimum absolute atomic E-state index is 0.00256. The van der Waals surface area contributed by atoms with E-state index in [-0.39, 0.29) is 36.0 Å². The van der Waals surface area contributed by atoms with Crippen LogP contribution in [-0.2, 0) is 20.8 Å². The van der Waals surface area contributed by atoms with Gasteiger partial charge in [-0.3, -0.25) is 14.4 Å². The maximum atomic E-state index is 13.0. The second kappa shape index (κ2) is 9.77. The first-order chi connectivity index (χ1) is 15.1. The predicted molar refractivity (Wildman–Crippen MR) is 119 cm³/mol. The lowest BCUT2D eigenvalue weighted by Crippen LogP contribution is -2.45. The molecular formula is C25H29N3O3. The van der Waals surface area contributed by atoms with Crippen molar-refractivity contribution in [3.63, 3.8) is 0 Å². The molecule has 2 aromatic carbocycles. The highest BCUT2D eigenvalue weighted by Gasteiger charge is 2.38. The largest absolute Gasteiger partial charge is 0.356 e. The zero-order valence-electron chi connectivity index (χ0n) is 17.7. The Morgan fingerprint density at radius 2 is 1.55 bits per heavy atom. The number of benzene rings is 2. The molecule has 6 heteroatoms. The van der Waals surface area contributed by atoms with Gasteiger partial charge in [0.05, 0.1) is 5.92 Å². The molecule has 1 N–H and O–H groups in total. The highest BCUT2D eigenvalue weighted by Crippen LogP contribution is 2.27. The second-order valence-corrected chi connectivity index (χ2v) is 8.37. The lowest BCUT2D eigenvalue weighted by molar-refractivity contribution is -0.139. The van der Waals surface area contributed by atoms with Crippen molar-refractivity contribution in [3.05, 3.63) is 66.2 Å². The number of piperidine rings is 1. The molecule has 2 fully saturated rings. The Balaban J connectivity index is 1.22. The Kier molecular flexibility index (Phi) is 6.65. The number of hydrogen-bond donors (Lipinski definition) is 1. The van der Waals surface area contributed by atoms with Gasteiger partial charge in [0.1, 0.15) is 0 Å². The maximum absolute atomic E-state index is 13.0. The molecular weight excluding hydrogens is 390 g/mol. The van der Waals surface area contributed by atoms with Gasteiger partial charge in [0, 0.05) is 44.2 Å². The number of rotatable bonds is 6. The first kappa shape index (κ1) is 21.1. The lowest BCUT2D eigenvalue weighted by Gasteiger charge is -2.33. The zero-order chi connectivity index (χ0) is 21.6. The van der Waals surface area contributed by atoms with Gasteiger partial charge in [-0.2, -0.15) is 0 Å². The van der Waals surface area contributed by atoms with Gasteiger partial charge in [-0.1, -0.05) is 48.5 Å². The summed E-state index contributed by atoms with van der Waals surface area (Å²) in [4.78, 5) is 41.4. The number of nitrogens with zero attached hydrogens (tertiary/aromatic N) is 2. The van der Waals surface area contributed by atoms with Crippen LogP contribution in [0, 0.1) is 11.8 Å². The molecule has 0 aliphatic carbocycles. The first-order valence-corrected chi connectivity index (χ1v) is 11.1. The third kappa shape index (κ3) is 5.13. The summed E-state index contributed by atoms with van der Waals surface area (Å²) >= 11 is 0. The standard InChI is InChI=1S/C25H29N3O3/c29-23-17-21(18-28(23)22-9-5-2-6-10-22)25(31)27-15-12-20(13-16-27)24(30)26-14-11-19-7-3-1-4-8-19/h1-10,20-21H,11-18H2,(H,26,30)/t21-/m1/s1. The van der Waals surface area contributed by atoms with Crippen LogP contribution in [-0.4, -0.2) is 48.8 Å². The number of anilines is 1. The van der Waals surface area contributed by atoms with E-state index in [1.54, 1.807) is 4.90 Å². The zero-order valence-corrected chi connectivity index (χ0v) is 17.7. The maximum Gasteiger partial charge on any atom is 0.228 e. The van der Waals surface area contributed by atoms with E-state index in [9.17, 15) is 14.4 Å². The van der Waals surface area contributed by atoms with Crippen LogP contribution in [0.5, 0.6) is 0 Å². The summed E-state index contributed by atoms with van der Waals surface area (Å²) in [7, 11) is 0. The Morgan fingerprint density at radius 3 is 2.23 bits per heavy atom. The lowest BCUT2D eigenvalue weighted by atomic mass is 9.94. The van der Waals surface area contributed by atoms with Gasteiger partial charge >= 0.3 is 0 Å². The van der Waals surface area contributed by atoms with E-state index in [1.165, 1.54) is 5.56 Å². The van der Waals surface area contributed by atoms with Gasteiger partial charge in [0.25, 0.3) is 0 Å². The highest BCUT2D eigenvalue weighted by atomic mass is 16.2. The summed E-state index contributed by atoms with van der Waals surface area (Å²) in [5.41, 5.74) is 2.05. The molecule has 31 heavy (non-hydrogen) atoms. The number of likely N-dealkylation sites (tertiary alicyclic amines) is 1. The van der Waals surface area contributed by atoms with Crippen molar-refractivity contribution in [1.29, 1.82) is 0 Å². The summed E-state index contributed by atoms with van der Waals surface area (Å²) in [6, 6.07) is 19.6. The fraction of sp³-hybridized carbons (Fsp3) is 0.400. The van der Waals surface area contributed by atoms with E-state index in [0.717, 1.165) is 12.1 Å². The quantitative estimate of drug-likeness (QED) is 0.783. The number of carbonyl (C=O) groups excluding carboxylic acids is 3. The third-order valence-electron chi connectivity index (χ3n) is 6.28. The third-order valence-corrected chi connectivity index (χ3v) is 6.28. The molecule has 4 rings (SSSR count). The second-order valence-electron chi connectivity index (χ2n) is 8.37. The number of amides is 3. The minimum Gasteiger partial charge on any atom is -0.356 e. The SMILES string of the molecule is O=C(NCCc1ccccc1)C1CCN(C(=O)[C@@H]2CC(=O)N(c3ccccc3)C2)CC1. The molecule has 0 aromatic heterocycles. The topological polar surface area (TPSA) is 69.7 Å². The van der Waals surface area contributed by atoms with E-state index in [1.807, 2.05) is 53.4 Å². The molecule has 0 radical (unpaired) electrons. The number of carbonyl (C=O) groups is 3. The van der Waals surface area contributed by atoms with Crippen molar-refractivity contribution in [2.45, 2.75) is 25.7 Å². The molecule has 6 nitrogen and oxygen atoms in total. The molecule has 0 unspecified atom stereocenters. The Bertz CT molecular complexity index is 908. The van der Waals surface area contributed by atoms with Crippen molar-refractivity contribution in [1.82, 2.24) is 10.2 Å². The van der Waals surface area contributed by atoms with Crippen LogP contribution in [0.15, 0.2) is 60.7 Å². The summed E-state index contributed by atoms with van der Waals surface area (Å²) in [6.07, 6.45) is 2.42. The highest BCUT2D eigenvalue weighted by molar-refractivity contribution is 6.00. The Hall–Kier alpha value is -3.15. The average molecular weight is 420 g/mol. The summed E-state index contributed by atoms with van der Waals surface area (Å²) < 4.78 is 0. The summed E-state index contributed by atoms with van der Waals surface area (Å²) in [6.45, 7) is 2.21. The Morgan fingerprint density at radius 1 is 0.903 bits per heavy atom. The monoisotopic (exact) mass is 419 g/mol. The van der Waals surface area contributed by atoms with Crippen LogP contribution < -0.4 is 10.2 Å². The van der Waals surface area contributed by atoms with Crippen LogP contribution in [0.2, 0.25) is 0 Å². The fourth-order valence-electron chi connectivity index (χ4n) is 4.47. The molecule has 2 heterocycles. The normalized spacial score (nSPS) is 19.5. The summed E-state index contributed by atoms with van der Waals surface area (Å²) in [5, 5.41) is 3.04. The van der Waals surface area contributed by atoms with Gasteiger partial charge in [-0.15, -0.1) is 0 Å². The van der Waals surface area contributed by atoms with Crippen molar-refractivity contribution < 1.29 is 14.4 Å². The number of nitrogens with one attached hydrogen (secondary N) is 1. The molecule has 2 aliphatic heterocycles. The molecule has 0 bridgehead atoms. The van der Waals surface area contributed by atoms with Crippen molar-refractivity contribution >= 4 is 23.4 Å². The van der Waals surface area contributed by atoms with Gasteiger partial charge in [0.2, 0.25) is 17.7 Å². The molecule has 162 valence electrons. The number of hydrogen-bond acceptors (Lipinski definition) is 3. The van der Waals surface area contributed by atoms with Gasteiger partial charge in [-0.05, 0) is 37.0 Å². The van der Waals surface area contributed by atoms with E-state index in [4.69, 9.17) is 0 Å². The molecule has 0 spiro atoms. The van der Waals surface area contributed by atoms with Gasteiger partial charge in [-0.25, -0.2) is 0 Å². The van der Waals surface area contributed by atoms with E-state index < -0.39 is 0 Å². The smallest absolute Gasteiger partial charge is 0.228 e. The van der Waals surface area contributed by atoms with Crippen molar-refractivity contribution in [2.24, 2.45) is 11.8 Å².